The molecule has 0 unspecified atom stereocenters. The molecule has 0 radical (unpaired) electrons. The van der Waals surface area contributed by atoms with Gasteiger partial charge in [-0.25, -0.2) is 0 Å². The van der Waals surface area contributed by atoms with E-state index in [1.807, 2.05) is 36.4 Å². The van der Waals surface area contributed by atoms with E-state index in [-0.39, 0.29) is 5.78 Å². The molecule has 3 rings (SSSR count). The first-order chi connectivity index (χ1) is 10.8. The molecule has 0 atom stereocenters. The van der Waals surface area contributed by atoms with Gasteiger partial charge in [-0.15, -0.1) is 6.58 Å². The van der Waals surface area contributed by atoms with Gasteiger partial charge in [0.1, 0.15) is 17.1 Å². The van der Waals surface area contributed by atoms with Crippen molar-refractivity contribution in [3.8, 4) is 5.75 Å². The summed E-state index contributed by atoms with van der Waals surface area (Å²) in [5.74, 6) is 1.09. The van der Waals surface area contributed by atoms with E-state index in [2.05, 4.69) is 6.58 Å². The summed E-state index contributed by atoms with van der Waals surface area (Å²) in [6.07, 6.45) is 2.24. The Balaban J connectivity index is 2.22. The summed E-state index contributed by atoms with van der Waals surface area (Å²) >= 11 is 0. The molecule has 0 aliphatic carbocycles. The Morgan fingerprint density at radius 2 is 1.91 bits per heavy atom. The lowest BCUT2D eigenvalue weighted by Crippen LogP contribution is -2.05. The number of rotatable bonds is 5. The third-order valence-electron chi connectivity index (χ3n) is 3.58. The maximum atomic E-state index is 13.0. The number of benzene rings is 2. The molecule has 3 heteroatoms. The number of fused-ring (bicyclic) bond motifs is 1. The van der Waals surface area contributed by atoms with Gasteiger partial charge in [-0.1, -0.05) is 36.4 Å². The van der Waals surface area contributed by atoms with Crippen molar-refractivity contribution in [2.24, 2.45) is 0 Å². The Kier molecular flexibility index (Phi) is 3.79. The van der Waals surface area contributed by atoms with Crippen molar-refractivity contribution in [1.82, 2.24) is 0 Å². The number of ether oxygens (including phenoxy) is 1. The molecule has 0 aliphatic heterocycles. The molecule has 0 bridgehead atoms. The van der Waals surface area contributed by atoms with Gasteiger partial charge in [0.05, 0.1) is 18.2 Å². The number of allylic oxidation sites excluding steroid dienone is 1. The van der Waals surface area contributed by atoms with Crippen LogP contribution in [0.25, 0.3) is 11.0 Å². The predicted molar refractivity (Wildman–Crippen MR) is 86.5 cm³/mol. The molecule has 0 fully saturated rings. The van der Waals surface area contributed by atoms with Crippen LogP contribution >= 0.6 is 0 Å². The van der Waals surface area contributed by atoms with E-state index in [0.717, 1.165) is 5.39 Å². The minimum atomic E-state index is -0.0979. The van der Waals surface area contributed by atoms with Crippen LogP contribution in [0.5, 0.6) is 5.75 Å². The molecule has 2 aromatic carbocycles. The summed E-state index contributed by atoms with van der Waals surface area (Å²) in [4.78, 5) is 13.0. The van der Waals surface area contributed by atoms with Crippen LogP contribution in [0.3, 0.4) is 0 Å². The van der Waals surface area contributed by atoms with Crippen LogP contribution in [0.4, 0.5) is 0 Å². The molecule has 0 saturated heterocycles. The van der Waals surface area contributed by atoms with Crippen LogP contribution in [0, 0.1) is 0 Å². The number of furan rings is 1. The summed E-state index contributed by atoms with van der Waals surface area (Å²) in [6.45, 7) is 3.74. The van der Waals surface area contributed by atoms with Crippen molar-refractivity contribution in [3.63, 3.8) is 0 Å². The van der Waals surface area contributed by atoms with Gasteiger partial charge in [-0.3, -0.25) is 4.79 Å². The standard InChI is InChI=1S/C19H16O3/c1-3-8-17-18(13-9-4-7-12-16(13)22-17)19(20)14-10-5-6-11-15(14)21-2/h3-7,9-12H,1,8H2,2H3. The van der Waals surface area contributed by atoms with Crippen molar-refractivity contribution in [3.05, 3.63) is 78.1 Å². The second-order valence-corrected chi connectivity index (χ2v) is 4.92. The average molecular weight is 292 g/mol. The fraction of sp³-hybridized carbons (Fsp3) is 0.105. The number of hydrogen-bond donors (Lipinski definition) is 0. The van der Waals surface area contributed by atoms with Gasteiger partial charge in [0.15, 0.2) is 0 Å². The summed E-state index contributed by atoms with van der Waals surface area (Å²) in [7, 11) is 1.56. The van der Waals surface area contributed by atoms with Gasteiger partial charge in [0.25, 0.3) is 0 Å². The van der Waals surface area contributed by atoms with E-state index in [1.54, 1.807) is 25.3 Å². The fourth-order valence-electron chi connectivity index (χ4n) is 2.59. The van der Waals surface area contributed by atoms with Gasteiger partial charge < -0.3 is 9.15 Å². The molecule has 3 aromatic rings. The van der Waals surface area contributed by atoms with Crippen molar-refractivity contribution < 1.29 is 13.9 Å². The molecule has 0 spiro atoms. The van der Waals surface area contributed by atoms with Crippen molar-refractivity contribution >= 4 is 16.8 Å². The molecular weight excluding hydrogens is 276 g/mol. The zero-order chi connectivity index (χ0) is 15.5. The van der Waals surface area contributed by atoms with Gasteiger partial charge in [-0.05, 0) is 18.2 Å². The van der Waals surface area contributed by atoms with Gasteiger partial charge in [-0.2, -0.15) is 0 Å². The Bertz CT molecular complexity index is 843. The highest BCUT2D eigenvalue weighted by molar-refractivity contribution is 6.18. The number of hydrogen-bond acceptors (Lipinski definition) is 3. The lowest BCUT2D eigenvalue weighted by atomic mass is 9.98. The average Bonchev–Trinajstić information content (AvgIpc) is 2.92. The highest BCUT2D eigenvalue weighted by atomic mass is 16.5. The van der Waals surface area contributed by atoms with Crippen LogP contribution in [-0.4, -0.2) is 12.9 Å². The number of carbonyl (C=O) groups excluding carboxylic acids is 1. The Morgan fingerprint density at radius 3 is 2.68 bits per heavy atom. The fourth-order valence-corrected chi connectivity index (χ4v) is 2.59. The monoisotopic (exact) mass is 292 g/mol. The lowest BCUT2D eigenvalue weighted by molar-refractivity contribution is 0.103. The third-order valence-corrected chi connectivity index (χ3v) is 3.58. The largest absolute Gasteiger partial charge is 0.496 e. The van der Waals surface area contributed by atoms with Gasteiger partial charge in [0.2, 0.25) is 5.78 Å². The van der Waals surface area contributed by atoms with Gasteiger partial charge in [0, 0.05) is 11.8 Å². The first kappa shape index (κ1) is 14.1. The number of ketones is 1. The Labute approximate surface area is 128 Å². The zero-order valence-electron chi connectivity index (χ0n) is 12.3. The third kappa shape index (κ3) is 2.31. The van der Waals surface area contributed by atoms with Crippen molar-refractivity contribution in [1.29, 1.82) is 0 Å². The summed E-state index contributed by atoms with van der Waals surface area (Å²) in [5, 5.41) is 0.815. The normalized spacial score (nSPS) is 10.6. The summed E-state index contributed by atoms with van der Waals surface area (Å²) in [6, 6.07) is 14.8. The van der Waals surface area contributed by atoms with E-state index in [9.17, 15) is 4.79 Å². The highest BCUT2D eigenvalue weighted by Gasteiger charge is 2.23. The summed E-state index contributed by atoms with van der Waals surface area (Å²) < 4.78 is 11.1. The molecule has 22 heavy (non-hydrogen) atoms. The van der Waals surface area contributed by atoms with Crippen LogP contribution in [-0.2, 0) is 6.42 Å². The van der Waals surface area contributed by atoms with E-state index in [4.69, 9.17) is 9.15 Å². The maximum absolute atomic E-state index is 13.0. The molecule has 110 valence electrons. The predicted octanol–water partition coefficient (Wildman–Crippen LogP) is 4.40. The van der Waals surface area contributed by atoms with Crippen LogP contribution in [0.15, 0.2) is 65.6 Å². The minimum absolute atomic E-state index is 0.0979. The molecule has 0 amide bonds. The summed E-state index contributed by atoms with van der Waals surface area (Å²) in [5.41, 5.74) is 1.82. The molecule has 0 aliphatic rings. The van der Waals surface area contributed by atoms with E-state index in [1.165, 1.54) is 0 Å². The molecule has 0 N–H and O–H groups in total. The lowest BCUT2D eigenvalue weighted by Gasteiger charge is -2.07. The Hall–Kier alpha value is -2.81. The van der Waals surface area contributed by atoms with Crippen LogP contribution in [0.2, 0.25) is 0 Å². The van der Waals surface area contributed by atoms with Gasteiger partial charge >= 0.3 is 0 Å². The zero-order valence-corrected chi connectivity index (χ0v) is 12.3. The minimum Gasteiger partial charge on any atom is -0.496 e. The van der Waals surface area contributed by atoms with Crippen LogP contribution in [0.1, 0.15) is 21.7 Å². The number of carbonyl (C=O) groups is 1. The molecule has 0 saturated carbocycles. The second kappa shape index (κ2) is 5.90. The SMILES string of the molecule is C=CCc1oc2ccccc2c1C(=O)c1ccccc1OC. The molecule has 1 aromatic heterocycles. The van der Waals surface area contributed by atoms with Crippen LogP contribution < -0.4 is 4.74 Å². The first-order valence-corrected chi connectivity index (χ1v) is 7.05. The molecule has 1 heterocycles. The van der Waals surface area contributed by atoms with E-state index in [0.29, 0.717) is 34.6 Å². The molecule has 3 nitrogen and oxygen atoms in total. The van der Waals surface area contributed by atoms with E-state index < -0.39 is 0 Å². The van der Waals surface area contributed by atoms with Crippen molar-refractivity contribution in [2.75, 3.05) is 7.11 Å². The number of methoxy groups -OCH3 is 1. The van der Waals surface area contributed by atoms with E-state index >= 15 is 0 Å². The quantitative estimate of drug-likeness (QED) is 0.517. The molecular formula is C19H16O3. The highest BCUT2D eigenvalue weighted by Crippen LogP contribution is 2.31. The Morgan fingerprint density at radius 1 is 1.18 bits per heavy atom. The number of para-hydroxylation sites is 2. The second-order valence-electron chi connectivity index (χ2n) is 4.92. The smallest absolute Gasteiger partial charge is 0.200 e. The van der Waals surface area contributed by atoms with Crippen molar-refractivity contribution in [2.45, 2.75) is 6.42 Å². The topological polar surface area (TPSA) is 39.4 Å². The first-order valence-electron chi connectivity index (χ1n) is 7.05. The maximum Gasteiger partial charge on any atom is 0.200 e.